The summed E-state index contributed by atoms with van der Waals surface area (Å²) in [6.45, 7) is 5.08. The molecular formula is C17H28N2O2. The third kappa shape index (κ3) is 4.27. The van der Waals surface area contributed by atoms with Crippen LogP contribution in [-0.2, 0) is 22.3 Å². The third-order valence-electron chi connectivity index (χ3n) is 4.46. The van der Waals surface area contributed by atoms with Gasteiger partial charge in [0.2, 0.25) is 0 Å². The number of nitrogens with zero attached hydrogens (tertiary/aromatic N) is 1. The Morgan fingerprint density at radius 3 is 2.00 bits per heavy atom. The molecule has 1 aromatic carbocycles. The zero-order valence-electron chi connectivity index (χ0n) is 13.3. The summed E-state index contributed by atoms with van der Waals surface area (Å²) < 4.78 is 10.5. The van der Waals surface area contributed by atoms with Gasteiger partial charge in [-0.15, -0.1) is 0 Å². The fraction of sp³-hybridized carbons (Fsp3) is 0.647. The highest BCUT2D eigenvalue weighted by molar-refractivity contribution is 5.34. The average molecular weight is 292 g/mol. The molecule has 0 radical (unpaired) electrons. The maximum Gasteiger partial charge on any atom is 0.0589 e. The molecule has 0 aliphatic heterocycles. The highest BCUT2D eigenvalue weighted by Gasteiger charge is 2.37. The first-order valence-electron chi connectivity index (χ1n) is 7.70. The van der Waals surface area contributed by atoms with Crippen LogP contribution in [0.1, 0.15) is 11.1 Å². The monoisotopic (exact) mass is 292 g/mol. The molecule has 0 aromatic heterocycles. The van der Waals surface area contributed by atoms with Crippen LogP contribution in [0, 0.1) is 5.41 Å². The zero-order chi connectivity index (χ0) is 15.1. The van der Waals surface area contributed by atoms with Gasteiger partial charge in [0.05, 0.1) is 13.2 Å². The van der Waals surface area contributed by atoms with E-state index in [9.17, 15) is 0 Å². The van der Waals surface area contributed by atoms with Gasteiger partial charge in [0.1, 0.15) is 0 Å². The van der Waals surface area contributed by atoms with Crippen LogP contribution in [0.4, 0.5) is 0 Å². The minimum atomic E-state index is 0.158. The van der Waals surface area contributed by atoms with Crippen molar-refractivity contribution in [3.05, 3.63) is 35.4 Å². The van der Waals surface area contributed by atoms with Gasteiger partial charge in [-0.25, -0.2) is 0 Å². The van der Waals surface area contributed by atoms with Crippen molar-refractivity contribution in [2.75, 3.05) is 53.6 Å². The molecule has 1 aliphatic rings. The summed E-state index contributed by atoms with van der Waals surface area (Å²) >= 11 is 0. The van der Waals surface area contributed by atoms with Crippen molar-refractivity contribution in [3.8, 4) is 0 Å². The predicted molar refractivity (Wildman–Crippen MR) is 85.5 cm³/mol. The summed E-state index contributed by atoms with van der Waals surface area (Å²) in [6.07, 6.45) is 2.16. The van der Waals surface area contributed by atoms with Gasteiger partial charge in [0.25, 0.3) is 0 Å². The number of methoxy groups -OCH3 is 2. The normalized spacial score (nSPS) is 16.4. The Morgan fingerprint density at radius 1 is 1.05 bits per heavy atom. The average Bonchev–Trinajstić information content (AvgIpc) is 2.88. The fourth-order valence-corrected chi connectivity index (χ4v) is 3.28. The van der Waals surface area contributed by atoms with Crippen LogP contribution in [0.2, 0.25) is 0 Å². The van der Waals surface area contributed by atoms with E-state index >= 15 is 0 Å². The summed E-state index contributed by atoms with van der Waals surface area (Å²) in [6, 6.07) is 8.72. The molecule has 0 atom stereocenters. The third-order valence-corrected chi connectivity index (χ3v) is 4.46. The van der Waals surface area contributed by atoms with Gasteiger partial charge >= 0.3 is 0 Å². The molecule has 2 rings (SSSR count). The molecule has 118 valence electrons. The van der Waals surface area contributed by atoms with E-state index < -0.39 is 0 Å². The van der Waals surface area contributed by atoms with Gasteiger partial charge in [-0.2, -0.15) is 0 Å². The van der Waals surface area contributed by atoms with Gasteiger partial charge in [0, 0.05) is 39.3 Å². The summed E-state index contributed by atoms with van der Waals surface area (Å²) in [7, 11) is 3.50. The van der Waals surface area contributed by atoms with E-state index in [1.165, 1.54) is 11.1 Å². The SMILES string of the molecule is COCCN(CCOC)CC1(CN)Cc2ccccc2C1. The lowest BCUT2D eigenvalue weighted by atomic mass is 9.84. The number of rotatable bonds is 9. The van der Waals surface area contributed by atoms with Crippen molar-refractivity contribution < 1.29 is 9.47 Å². The Labute approximate surface area is 128 Å². The van der Waals surface area contributed by atoms with Crippen LogP contribution in [0.3, 0.4) is 0 Å². The smallest absolute Gasteiger partial charge is 0.0589 e. The van der Waals surface area contributed by atoms with Crippen molar-refractivity contribution in [2.24, 2.45) is 11.1 Å². The number of fused-ring (bicyclic) bond motifs is 1. The van der Waals surface area contributed by atoms with E-state index in [4.69, 9.17) is 15.2 Å². The molecule has 0 amide bonds. The van der Waals surface area contributed by atoms with Crippen molar-refractivity contribution in [1.82, 2.24) is 4.90 Å². The number of benzene rings is 1. The van der Waals surface area contributed by atoms with Gasteiger partial charge in [-0.3, -0.25) is 4.90 Å². The Balaban J connectivity index is 2.03. The first-order valence-corrected chi connectivity index (χ1v) is 7.70. The Kier molecular flexibility index (Phi) is 6.18. The minimum Gasteiger partial charge on any atom is -0.383 e. The Morgan fingerprint density at radius 2 is 1.57 bits per heavy atom. The molecule has 1 aromatic rings. The van der Waals surface area contributed by atoms with Crippen LogP contribution in [0.5, 0.6) is 0 Å². The lowest BCUT2D eigenvalue weighted by molar-refractivity contribution is 0.0835. The molecule has 4 nitrogen and oxygen atoms in total. The van der Waals surface area contributed by atoms with E-state index in [0.717, 1.165) is 52.2 Å². The second-order valence-electron chi connectivity index (χ2n) is 6.09. The lowest BCUT2D eigenvalue weighted by Crippen LogP contribution is -2.45. The molecule has 2 N–H and O–H groups in total. The number of hydrogen-bond acceptors (Lipinski definition) is 4. The van der Waals surface area contributed by atoms with Gasteiger partial charge in [-0.05, 0) is 30.5 Å². The Hall–Kier alpha value is -0.940. The first-order chi connectivity index (χ1) is 10.2. The van der Waals surface area contributed by atoms with E-state index in [2.05, 4.69) is 29.2 Å². The number of hydrogen-bond donors (Lipinski definition) is 1. The second-order valence-corrected chi connectivity index (χ2v) is 6.09. The van der Waals surface area contributed by atoms with Crippen LogP contribution in [0.15, 0.2) is 24.3 Å². The predicted octanol–water partition coefficient (Wildman–Crippen LogP) is 1.33. The highest BCUT2D eigenvalue weighted by Crippen LogP contribution is 2.36. The topological polar surface area (TPSA) is 47.7 Å². The molecule has 0 saturated carbocycles. The summed E-state index contributed by atoms with van der Waals surface area (Å²) in [4.78, 5) is 2.42. The first kappa shape index (κ1) is 16.4. The van der Waals surface area contributed by atoms with Crippen LogP contribution in [0.25, 0.3) is 0 Å². The van der Waals surface area contributed by atoms with Crippen LogP contribution >= 0.6 is 0 Å². The molecule has 0 unspecified atom stereocenters. The summed E-state index contributed by atoms with van der Waals surface area (Å²) in [5.74, 6) is 0. The largest absolute Gasteiger partial charge is 0.383 e. The van der Waals surface area contributed by atoms with Crippen molar-refractivity contribution in [2.45, 2.75) is 12.8 Å². The number of nitrogens with two attached hydrogens (primary N) is 1. The zero-order valence-corrected chi connectivity index (χ0v) is 13.3. The van der Waals surface area contributed by atoms with Crippen molar-refractivity contribution in [3.63, 3.8) is 0 Å². The fourth-order valence-electron chi connectivity index (χ4n) is 3.28. The lowest BCUT2D eigenvalue weighted by Gasteiger charge is -2.34. The maximum atomic E-state index is 6.16. The maximum absolute atomic E-state index is 6.16. The second kappa shape index (κ2) is 7.90. The van der Waals surface area contributed by atoms with Gasteiger partial charge in [0.15, 0.2) is 0 Å². The van der Waals surface area contributed by atoms with E-state index in [-0.39, 0.29) is 5.41 Å². The molecule has 0 bridgehead atoms. The van der Waals surface area contributed by atoms with E-state index in [1.807, 2.05) is 0 Å². The van der Waals surface area contributed by atoms with Gasteiger partial charge < -0.3 is 15.2 Å². The molecule has 0 saturated heterocycles. The van der Waals surface area contributed by atoms with Gasteiger partial charge in [-0.1, -0.05) is 24.3 Å². The molecule has 0 heterocycles. The number of ether oxygens (including phenoxy) is 2. The highest BCUT2D eigenvalue weighted by atomic mass is 16.5. The van der Waals surface area contributed by atoms with Crippen molar-refractivity contribution in [1.29, 1.82) is 0 Å². The summed E-state index contributed by atoms with van der Waals surface area (Å²) in [5, 5.41) is 0. The minimum absolute atomic E-state index is 0.158. The quantitative estimate of drug-likeness (QED) is 0.746. The molecule has 4 heteroatoms. The molecular weight excluding hydrogens is 264 g/mol. The Bertz CT molecular complexity index is 404. The van der Waals surface area contributed by atoms with Crippen LogP contribution < -0.4 is 5.73 Å². The van der Waals surface area contributed by atoms with Crippen LogP contribution in [-0.4, -0.2) is 58.5 Å². The van der Waals surface area contributed by atoms with E-state index in [0.29, 0.717) is 0 Å². The summed E-state index contributed by atoms with van der Waals surface area (Å²) in [5.41, 5.74) is 9.24. The molecule has 0 fully saturated rings. The molecule has 21 heavy (non-hydrogen) atoms. The van der Waals surface area contributed by atoms with Crippen molar-refractivity contribution >= 4 is 0 Å². The molecule has 0 spiro atoms. The van der Waals surface area contributed by atoms with E-state index in [1.54, 1.807) is 14.2 Å². The standard InChI is InChI=1S/C17H28N2O2/c1-20-9-7-19(8-10-21-2)14-17(13-18)11-15-5-3-4-6-16(15)12-17/h3-6H,7-14,18H2,1-2H3. The molecule has 1 aliphatic carbocycles.